The molecule has 3 aromatic rings. The largest absolute Gasteiger partial charge is 0.486 e. The van der Waals surface area contributed by atoms with Gasteiger partial charge in [0, 0.05) is 23.1 Å². The lowest BCUT2D eigenvalue weighted by atomic mass is 10.1. The van der Waals surface area contributed by atoms with Crippen molar-refractivity contribution in [3.05, 3.63) is 71.8 Å². The van der Waals surface area contributed by atoms with Gasteiger partial charge in [-0.05, 0) is 75.9 Å². The number of rotatable bonds is 8. The molecule has 2 heterocycles. The Morgan fingerprint density at radius 2 is 2.18 bits per heavy atom. The van der Waals surface area contributed by atoms with Gasteiger partial charge in [0.25, 0.3) is 0 Å². The summed E-state index contributed by atoms with van der Waals surface area (Å²) in [7, 11) is 0. The number of allylic oxidation sites excluding steroid dienone is 1. The zero-order chi connectivity index (χ0) is 23.8. The Morgan fingerprint density at radius 3 is 2.91 bits per heavy atom. The number of aryl methyl sites for hydroxylation is 1. The van der Waals surface area contributed by atoms with Crippen LogP contribution in [0.3, 0.4) is 0 Å². The van der Waals surface area contributed by atoms with Gasteiger partial charge in [0.1, 0.15) is 12.4 Å². The maximum Gasteiger partial charge on any atom is 0.196 e. The van der Waals surface area contributed by atoms with Gasteiger partial charge in [0.15, 0.2) is 11.0 Å². The Morgan fingerprint density at radius 1 is 1.26 bits per heavy atom. The third kappa shape index (κ3) is 6.49. The molecule has 2 aromatic heterocycles. The molecule has 0 aliphatic heterocycles. The molecule has 1 aliphatic rings. The van der Waals surface area contributed by atoms with Crippen LogP contribution in [0.2, 0.25) is 0 Å². The summed E-state index contributed by atoms with van der Waals surface area (Å²) in [5, 5.41) is 13.5. The number of pyridine rings is 1. The van der Waals surface area contributed by atoms with Crippen molar-refractivity contribution in [3.63, 3.8) is 0 Å². The van der Waals surface area contributed by atoms with Crippen LogP contribution in [0.15, 0.2) is 60.0 Å². The van der Waals surface area contributed by atoms with Crippen molar-refractivity contribution in [1.29, 1.82) is 0 Å². The second-order valence-corrected chi connectivity index (χ2v) is 9.77. The van der Waals surface area contributed by atoms with Gasteiger partial charge in [-0.3, -0.25) is 9.55 Å². The molecule has 0 bridgehead atoms. The number of thioether (sulfide) groups is 1. The molecule has 1 N–H and O–H groups in total. The molecule has 7 heteroatoms. The minimum Gasteiger partial charge on any atom is -0.486 e. The van der Waals surface area contributed by atoms with Gasteiger partial charge in [-0.1, -0.05) is 35.8 Å². The predicted molar refractivity (Wildman–Crippen MR) is 137 cm³/mol. The summed E-state index contributed by atoms with van der Waals surface area (Å²) in [4.78, 5) is 4.29. The van der Waals surface area contributed by atoms with Crippen molar-refractivity contribution >= 4 is 11.8 Å². The molecule has 1 unspecified atom stereocenters. The Bertz CT molecular complexity index is 1180. The average Bonchev–Trinajstić information content (AvgIpc) is 3.24. The van der Waals surface area contributed by atoms with Gasteiger partial charge in [-0.25, -0.2) is 0 Å². The van der Waals surface area contributed by atoms with Gasteiger partial charge in [-0.2, -0.15) is 0 Å². The SMILES string of the molecule is Cc1cc(OCc2nnc(SC3C=CCCC3)n2-c2cccnc2)ccc1C#CCNC(C)C. The predicted octanol–water partition coefficient (Wildman–Crippen LogP) is 5.10. The van der Waals surface area contributed by atoms with Gasteiger partial charge in [0.05, 0.1) is 18.4 Å². The molecule has 4 rings (SSSR count). The van der Waals surface area contributed by atoms with Crippen molar-refractivity contribution in [2.24, 2.45) is 0 Å². The number of ether oxygens (including phenoxy) is 1. The number of nitrogens with one attached hydrogen (secondary N) is 1. The first kappa shape index (κ1) is 24.1. The lowest BCUT2D eigenvalue weighted by Crippen LogP contribution is -2.22. The first-order valence-electron chi connectivity index (χ1n) is 11.7. The monoisotopic (exact) mass is 473 g/mol. The van der Waals surface area contributed by atoms with Crippen LogP contribution >= 0.6 is 11.8 Å². The van der Waals surface area contributed by atoms with Crippen LogP contribution in [0.4, 0.5) is 0 Å². The molecule has 0 saturated carbocycles. The van der Waals surface area contributed by atoms with Crippen LogP contribution in [-0.2, 0) is 6.61 Å². The van der Waals surface area contributed by atoms with Gasteiger partial charge >= 0.3 is 0 Å². The Kier molecular flexibility index (Phi) is 8.40. The smallest absolute Gasteiger partial charge is 0.196 e. The standard InChI is InChI=1S/C27H31N5OS/c1-20(2)29-16-7-9-22-13-14-24(17-21(22)3)33-19-26-30-31-27(34-25-11-5-4-6-12-25)32(26)23-10-8-15-28-18-23/h5,8,10-11,13-15,17-18,20,25,29H,4,6,12,16,19H2,1-3H3. The van der Waals surface area contributed by atoms with Crippen LogP contribution in [0.1, 0.15) is 50.1 Å². The number of hydrogen-bond acceptors (Lipinski definition) is 6. The van der Waals surface area contributed by atoms with Crippen molar-refractivity contribution in [2.75, 3.05) is 6.54 Å². The van der Waals surface area contributed by atoms with E-state index in [1.165, 1.54) is 6.42 Å². The second-order valence-electron chi connectivity index (χ2n) is 8.56. The van der Waals surface area contributed by atoms with E-state index in [4.69, 9.17) is 4.74 Å². The molecule has 34 heavy (non-hydrogen) atoms. The highest BCUT2D eigenvalue weighted by Gasteiger charge is 2.19. The van der Waals surface area contributed by atoms with Gasteiger partial charge in [-0.15, -0.1) is 10.2 Å². The Hall–Kier alpha value is -3.08. The third-order valence-corrected chi connectivity index (χ3v) is 6.63. The third-order valence-electron chi connectivity index (χ3n) is 5.46. The molecular weight excluding hydrogens is 442 g/mol. The zero-order valence-electron chi connectivity index (χ0n) is 20.0. The van der Waals surface area contributed by atoms with Crippen LogP contribution in [-0.4, -0.2) is 37.6 Å². The van der Waals surface area contributed by atoms with E-state index in [2.05, 4.69) is 69.8 Å². The summed E-state index contributed by atoms with van der Waals surface area (Å²) in [6.45, 7) is 7.27. The average molecular weight is 474 g/mol. The first-order chi connectivity index (χ1) is 16.6. The molecule has 0 fully saturated rings. The highest BCUT2D eigenvalue weighted by molar-refractivity contribution is 7.99. The van der Waals surface area contributed by atoms with Crippen LogP contribution in [0.5, 0.6) is 5.75 Å². The molecule has 6 nitrogen and oxygen atoms in total. The zero-order valence-corrected chi connectivity index (χ0v) is 20.8. The maximum absolute atomic E-state index is 6.12. The van der Waals surface area contributed by atoms with Gasteiger partial charge in [0.2, 0.25) is 0 Å². The van der Waals surface area contributed by atoms with E-state index in [0.717, 1.165) is 46.4 Å². The fourth-order valence-electron chi connectivity index (χ4n) is 3.64. The molecule has 0 spiro atoms. The number of hydrogen-bond donors (Lipinski definition) is 1. The summed E-state index contributed by atoms with van der Waals surface area (Å²) < 4.78 is 8.17. The fourth-order valence-corrected chi connectivity index (χ4v) is 4.79. The highest BCUT2D eigenvalue weighted by atomic mass is 32.2. The maximum atomic E-state index is 6.12. The summed E-state index contributed by atoms with van der Waals surface area (Å²) in [6.07, 6.45) is 11.6. The summed E-state index contributed by atoms with van der Waals surface area (Å²) >= 11 is 1.74. The van der Waals surface area contributed by atoms with Crippen molar-refractivity contribution in [2.45, 2.75) is 63.1 Å². The Balaban J connectivity index is 1.49. The number of benzene rings is 1. The summed E-state index contributed by atoms with van der Waals surface area (Å²) in [6, 6.07) is 10.4. The first-order valence-corrected chi connectivity index (χ1v) is 12.6. The van der Waals surface area contributed by atoms with E-state index < -0.39 is 0 Å². The molecule has 0 amide bonds. The quantitative estimate of drug-likeness (QED) is 0.363. The molecule has 1 aliphatic carbocycles. The summed E-state index contributed by atoms with van der Waals surface area (Å²) in [5.41, 5.74) is 3.03. The van der Waals surface area contributed by atoms with Crippen molar-refractivity contribution in [1.82, 2.24) is 25.1 Å². The normalized spacial score (nSPS) is 15.2. The van der Waals surface area contributed by atoms with E-state index in [1.54, 1.807) is 18.0 Å². The molecule has 176 valence electrons. The van der Waals surface area contributed by atoms with Crippen LogP contribution in [0.25, 0.3) is 5.69 Å². The van der Waals surface area contributed by atoms with E-state index >= 15 is 0 Å². The molecule has 1 aromatic carbocycles. The van der Waals surface area contributed by atoms with Crippen molar-refractivity contribution in [3.8, 4) is 23.3 Å². The van der Waals surface area contributed by atoms with E-state index in [1.807, 2.05) is 36.5 Å². The minimum absolute atomic E-state index is 0.311. The van der Waals surface area contributed by atoms with Crippen LogP contribution < -0.4 is 10.1 Å². The van der Waals surface area contributed by atoms with Crippen LogP contribution in [0, 0.1) is 18.8 Å². The van der Waals surface area contributed by atoms with E-state index in [9.17, 15) is 0 Å². The second kappa shape index (κ2) is 11.9. The Labute approximate surface area is 206 Å². The molecule has 0 radical (unpaired) electrons. The fraction of sp³-hybridized carbons (Fsp3) is 0.370. The summed E-state index contributed by atoms with van der Waals surface area (Å²) in [5.74, 6) is 7.94. The van der Waals surface area contributed by atoms with Crippen molar-refractivity contribution < 1.29 is 4.74 Å². The van der Waals surface area contributed by atoms with Gasteiger partial charge < -0.3 is 10.1 Å². The number of nitrogens with zero attached hydrogens (tertiary/aromatic N) is 4. The number of aromatic nitrogens is 4. The molecule has 1 atom stereocenters. The topological polar surface area (TPSA) is 64.9 Å². The van der Waals surface area contributed by atoms with E-state index in [-0.39, 0.29) is 0 Å². The lowest BCUT2D eigenvalue weighted by Gasteiger charge is -2.16. The van der Waals surface area contributed by atoms with E-state index in [0.29, 0.717) is 24.4 Å². The molecular formula is C27H31N5OS. The lowest BCUT2D eigenvalue weighted by molar-refractivity contribution is 0.292. The minimum atomic E-state index is 0.311. The highest BCUT2D eigenvalue weighted by Crippen LogP contribution is 2.31. The molecule has 0 saturated heterocycles.